The van der Waals surface area contributed by atoms with Gasteiger partial charge in [-0.15, -0.1) is 0 Å². The molecule has 2 heterocycles. The molecule has 0 saturated heterocycles. The topological polar surface area (TPSA) is 86.1 Å². The van der Waals surface area contributed by atoms with Gasteiger partial charge in [-0.05, 0) is 48.4 Å². The van der Waals surface area contributed by atoms with Gasteiger partial charge in [-0.3, -0.25) is 14.6 Å². The van der Waals surface area contributed by atoms with E-state index >= 15 is 0 Å². The Morgan fingerprint density at radius 3 is 2.41 bits per heavy atom. The number of fused-ring (bicyclic) bond motifs is 1. The molecule has 32 heavy (non-hydrogen) atoms. The van der Waals surface area contributed by atoms with Gasteiger partial charge in [-0.2, -0.15) is 5.10 Å². The van der Waals surface area contributed by atoms with Crippen LogP contribution in [0.3, 0.4) is 0 Å². The van der Waals surface area contributed by atoms with E-state index in [4.69, 9.17) is 4.74 Å². The number of carbonyl (C=O) groups is 1. The summed E-state index contributed by atoms with van der Waals surface area (Å²) in [5.41, 5.74) is 2.43. The monoisotopic (exact) mass is 428 g/mol. The van der Waals surface area contributed by atoms with E-state index in [9.17, 15) is 9.59 Å². The molecule has 0 aliphatic rings. The first-order chi connectivity index (χ1) is 15.6. The van der Waals surface area contributed by atoms with Crippen LogP contribution in [0.1, 0.15) is 23.7 Å². The van der Waals surface area contributed by atoms with Crippen molar-refractivity contribution in [3.8, 4) is 5.75 Å². The molecule has 0 bridgehead atoms. The SMILES string of the molecule is CCOc1ccc(CNC(=O)Cn2nc(Cc3ccncc3)c3ccccc3c2=O)cc1. The highest BCUT2D eigenvalue weighted by molar-refractivity contribution is 5.84. The van der Waals surface area contributed by atoms with E-state index in [2.05, 4.69) is 15.4 Å². The van der Waals surface area contributed by atoms with E-state index in [1.165, 1.54) is 4.68 Å². The molecule has 7 heteroatoms. The predicted octanol–water partition coefficient (Wildman–Crippen LogP) is 3.10. The van der Waals surface area contributed by atoms with Gasteiger partial charge in [0.15, 0.2) is 0 Å². The lowest BCUT2D eigenvalue weighted by molar-refractivity contribution is -0.122. The van der Waals surface area contributed by atoms with Crippen LogP contribution < -0.4 is 15.6 Å². The minimum Gasteiger partial charge on any atom is -0.494 e. The van der Waals surface area contributed by atoms with Crippen LogP contribution in [0.2, 0.25) is 0 Å². The summed E-state index contributed by atoms with van der Waals surface area (Å²) in [5, 5.41) is 8.72. The minimum absolute atomic E-state index is 0.149. The number of nitrogens with zero attached hydrogens (tertiary/aromatic N) is 3. The van der Waals surface area contributed by atoms with Crippen molar-refractivity contribution in [2.75, 3.05) is 6.61 Å². The summed E-state index contributed by atoms with van der Waals surface area (Å²) >= 11 is 0. The fourth-order valence-corrected chi connectivity index (χ4v) is 3.50. The van der Waals surface area contributed by atoms with E-state index < -0.39 is 0 Å². The molecular formula is C25H24N4O3. The zero-order valence-electron chi connectivity index (χ0n) is 17.8. The Hall–Kier alpha value is -4.00. The summed E-state index contributed by atoms with van der Waals surface area (Å²) in [6.07, 6.45) is 3.99. The third-order valence-corrected chi connectivity index (χ3v) is 5.08. The van der Waals surface area contributed by atoms with Crippen molar-refractivity contribution in [2.24, 2.45) is 0 Å². The molecule has 0 fully saturated rings. The van der Waals surface area contributed by atoms with E-state index in [-0.39, 0.29) is 18.0 Å². The second kappa shape index (κ2) is 9.87. The smallest absolute Gasteiger partial charge is 0.275 e. The molecule has 1 N–H and O–H groups in total. The first kappa shape index (κ1) is 21.2. The molecule has 0 spiro atoms. The minimum atomic E-state index is -0.282. The second-order valence-corrected chi connectivity index (χ2v) is 7.34. The number of ether oxygens (including phenoxy) is 1. The third kappa shape index (κ3) is 5.00. The number of hydrogen-bond donors (Lipinski definition) is 1. The molecule has 7 nitrogen and oxygen atoms in total. The van der Waals surface area contributed by atoms with Gasteiger partial charge >= 0.3 is 0 Å². The molecule has 1 amide bonds. The van der Waals surface area contributed by atoms with Crippen LogP contribution in [-0.4, -0.2) is 27.3 Å². The largest absolute Gasteiger partial charge is 0.494 e. The van der Waals surface area contributed by atoms with Crippen molar-refractivity contribution < 1.29 is 9.53 Å². The molecule has 2 aromatic heterocycles. The second-order valence-electron chi connectivity index (χ2n) is 7.34. The average molecular weight is 428 g/mol. The maximum Gasteiger partial charge on any atom is 0.275 e. The zero-order valence-corrected chi connectivity index (χ0v) is 17.8. The number of benzene rings is 2. The highest BCUT2D eigenvalue weighted by atomic mass is 16.5. The van der Waals surface area contributed by atoms with Crippen LogP contribution in [0.25, 0.3) is 10.8 Å². The maximum atomic E-state index is 12.9. The molecule has 0 radical (unpaired) electrons. The van der Waals surface area contributed by atoms with Gasteiger partial charge < -0.3 is 10.1 Å². The molecule has 0 unspecified atom stereocenters. The normalized spacial score (nSPS) is 10.8. The lowest BCUT2D eigenvalue weighted by Crippen LogP contribution is -2.34. The molecule has 0 atom stereocenters. The van der Waals surface area contributed by atoms with Crippen molar-refractivity contribution in [2.45, 2.75) is 26.4 Å². The van der Waals surface area contributed by atoms with Crippen LogP contribution in [0, 0.1) is 0 Å². The Kier molecular flexibility index (Phi) is 6.55. The Bertz CT molecular complexity index is 1270. The van der Waals surface area contributed by atoms with Crippen molar-refractivity contribution in [1.82, 2.24) is 20.1 Å². The first-order valence-electron chi connectivity index (χ1n) is 10.5. The molecule has 0 aliphatic carbocycles. The fourth-order valence-electron chi connectivity index (χ4n) is 3.50. The molecule has 162 valence electrons. The van der Waals surface area contributed by atoms with Gasteiger partial charge in [0.1, 0.15) is 12.3 Å². The number of hydrogen-bond acceptors (Lipinski definition) is 5. The van der Waals surface area contributed by atoms with Gasteiger partial charge in [0.25, 0.3) is 5.56 Å². The molecule has 0 saturated carbocycles. The number of rotatable bonds is 8. The summed E-state index contributed by atoms with van der Waals surface area (Å²) in [4.78, 5) is 29.6. The lowest BCUT2D eigenvalue weighted by atomic mass is 10.1. The number of carbonyl (C=O) groups excluding carboxylic acids is 1. The zero-order chi connectivity index (χ0) is 22.3. The van der Waals surface area contributed by atoms with Crippen LogP contribution in [0.4, 0.5) is 0 Å². The molecule has 4 rings (SSSR count). The van der Waals surface area contributed by atoms with Gasteiger partial charge in [0.2, 0.25) is 5.91 Å². The molecule has 0 aliphatic heterocycles. The number of nitrogens with one attached hydrogen (secondary N) is 1. The quantitative estimate of drug-likeness (QED) is 0.466. The number of aromatic nitrogens is 3. The summed E-state index contributed by atoms with van der Waals surface area (Å²) in [6.45, 7) is 2.74. The van der Waals surface area contributed by atoms with E-state index in [0.717, 1.165) is 28.0 Å². The van der Waals surface area contributed by atoms with Crippen LogP contribution in [0.15, 0.2) is 77.9 Å². The number of amides is 1. The average Bonchev–Trinajstić information content (AvgIpc) is 2.82. The standard InChI is InChI=1S/C25H24N4O3/c1-2-32-20-9-7-19(8-10-20)16-27-24(30)17-29-25(31)22-6-4-3-5-21(22)23(28-29)15-18-11-13-26-14-12-18/h3-14H,2,15-17H2,1H3,(H,27,30). The summed E-state index contributed by atoms with van der Waals surface area (Å²) in [6, 6.07) is 18.7. The fraction of sp³-hybridized carbons (Fsp3) is 0.200. The molecule has 2 aromatic carbocycles. The summed E-state index contributed by atoms with van der Waals surface area (Å²) < 4.78 is 6.67. The summed E-state index contributed by atoms with van der Waals surface area (Å²) in [7, 11) is 0. The molecule has 4 aromatic rings. The van der Waals surface area contributed by atoms with Gasteiger partial charge in [0.05, 0.1) is 17.7 Å². The van der Waals surface area contributed by atoms with Crippen molar-refractivity contribution >= 4 is 16.7 Å². The Morgan fingerprint density at radius 2 is 1.69 bits per heavy atom. The maximum absolute atomic E-state index is 12.9. The van der Waals surface area contributed by atoms with Crippen molar-refractivity contribution in [3.63, 3.8) is 0 Å². The summed E-state index contributed by atoms with van der Waals surface area (Å²) in [5.74, 6) is 0.509. The van der Waals surface area contributed by atoms with Crippen LogP contribution in [-0.2, 0) is 24.3 Å². The predicted molar refractivity (Wildman–Crippen MR) is 123 cm³/mol. The molecular weight excluding hydrogens is 404 g/mol. The van der Waals surface area contributed by atoms with Gasteiger partial charge in [-0.25, -0.2) is 4.68 Å². The highest BCUT2D eigenvalue weighted by Crippen LogP contribution is 2.17. The Morgan fingerprint density at radius 1 is 0.969 bits per heavy atom. The van der Waals surface area contributed by atoms with Crippen molar-refractivity contribution in [3.05, 3.63) is 100 Å². The van der Waals surface area contributed by atoms with Gasteiger partial charge in [0, 0.05) is 30.7 Å². The Balaban J connectivity index is 1.52. The number of pyridine rings is 1. The lowest BCUT2D eigenvalue weighted by Gasteiger charge is -2.12. The third-order valence-electron chi connectivity index (χ3n) is 5.08. The Labute approximate surface area is 185 Å². The van der Waals surface area contributed by atoms with E-state index in [1.807, 2.05) is 61.5 Å². The van der Waals surface area contributed by atoms with E-state index in [0.29, 0.717) is 25.0 Å². The van der Waals surface area contributed by atoms with Gasteiger partial charge in [-0.1, -0.05) is 30.3 Å². The highest BCUT2D eigenvalue weighted by Gasteiger charge is 2.13. The van der Waals surface area contributed by atoms with Crippen LogP contribution in [0.5, 0.6) is 5.75 Å². The van der Waals surface area contributed by atoms with Crippen molar-refractivity contribution in [1.29, 1.82) is 0 Å². The van der Waals surface area contributed by atoms with Crippen LogP contribution >= 0.6 is 0 Å². The van der Waals surface area contributed by atoms with E-state index in [1.54, 1.807) is 18.5 Å². The first-order valence-corrected chi connectivity index (χ1v) is 10.5.